The number of Topliss-reactive ketones (excluding diaryl/α,β-unsaturated/α-hetero) is 1. The van der Waals surface area contributed by atoms with Crippen molar-refractivity contribution >= 4 is 23.7 Å². The predicted octanol–water partition coefficient (Wildman–Crippen LogP) is 6.00. The molecule has 0 radical (unpaired) electrons. The highest BCUT2D eigenvalue weighted by Crippen LogP contribution is 2.51. The van der Waals surface area contributed by atoms with Crippen LogP contribution in [0.15, 0.2) is 42.5 Å². The molecular weight excluding hydrogens is 512 g/mol. The first-order chi connectivity index (χ1) is 18.9. The molecule has 40 heavy (non-hydrogen) atoms. The van der Waals surface area contributed by atoms with Gasteiger partial charge in [-0.2, -0.15) is 0 Å². The maximum atomic E-state index is 13.8. The fraction of sp³-hybridized carbons (Fsp3) is 0.250. The first kappa shape index (κ1) is 28.3. The molecule has 3 aromatic rings. The Hall–Kier alpha value is -4.72. The number of benzene rings is 3. The Balaban J connectivity index is 2.01. The zero-order valence-corrected chi connectivity index (χ0v) is 23.3. The van der Waals surface area contributed by atoms with Gasteiger partial charge < -0.3 is 29.5 Å². The number of fused-ring (bicyclic) bond motifs is 1. The summed E-state index contributed by atoms with van der Waals surface area (Å²) in [4.78, 5) is 26.0. The molecule has 0 spiro atoms. The van der Waals surface area contributed by atoms with Crippen molar-refractivity contribution in [1.29, 1.82) is 0 Å². The van der Waals surface area contributed by atoms with Crippen LogP contribution < -0.4 is 14.2 Å². The van der Waals surface area contributed by atoms with Gasteiger partial charge in [0.05, 0.1) is 19.8 Å². The number of phenolic OH excluding ortho intramolecular Hbond substituents is 3. The van der Waals surface area contributed by atoms with Crippen LogP contribution in [-0.4, -0.2) is 46.7 Å². The van der Waals surface area contributed by atoms with Crippen LogP contribution in [0.1, 0.15) is 69.3 Å². The summed E-state index contributed by atoms with van der Waals surface area (Å²) in [5, 5.41) is 32.3. The Bertz CT molecular complexity index is 1560. The summed E-state index contributed by atoms with van der Waals surface area (Å²) in [7, 11) is 2.85. The van der Waals surface area contributed by atoms with Gasteiger partial charge in [0.1, 0.15) is 51.2 Å². The molecule has 3 N–H and O–H groups in total. The predicted molar refractivity (Wildman–Crippen MR) is 152 cm³/mol. The molecule has 1 aliphatic heterocycles. The normalized spacial score (nSPS) is 13.6. The Labute approximate surface area is 232 Å². The first-order valence-electron chi connectivity index (χ1n) is 12.7. The molecule has 0 amide bonds. The average molecular weight is 545 g/mol. The number of hydrogen-bond donors (Lipinski definition) is 3. The molecule has 8 nitrogen and oxygen atoms in total. The third-order valence-corrected chi connectivity index (χ3v) is 6.85. The van der Waals surface area contributed by atoms with E-state index < -0.39 is 34.4 Å². The Kier molecular flexibility index (Phi) is 7.64. The Morgan fingerprint density at radius 2 is 1.57 bits per heavy atom. The number of ether oxygens (including phenoxy) is 3. The van der Waals surface area contributed by atoms with Gasteiger partial charge in [-0.25, -0.2) is 0 Å². The molecule has 0 fully saturated rings. The number of allylic oxidation sites excluding steroid dienone is 1. The second-order valence-electron chi connectivity index (χ2n) is 10.1. The quantitative estimate of drug-likeness (QED) is 0.233. The van der Waals surface area contributed by atoms with E-state index in [-0.39, 0.29) is 40.2 Å². The lowest BCUT2D eigenvalue weighted by molar-refractivity contribution is 0.100. The molecule has 3 aromatic carbocycles. The van der Waals surface area contributed by atoms with Crippen LogP contribution in [0.2, 0.25) is 0 Å². The molecule has 0 unspecified atom stereocenters. The van der Waals surface area contributed by atoms with Crippen LogP contribution >= 0.6 is 0 Å². The van der Waals surface area contributed by atoms with E-state index in [1.807, 2.05) is 50.3 Å². The van der Waals surface area contributed by atoms with Crippen molar-refractivity contribution in [3.05, 3.63) is 81.4 Å². The number of hydrogen-bond acceptors (Lipinski definition) is 8. The number of methoxy groups -OCH3 is 2. The van der Waals surface area contributed by atoms with Crippen LogP contribution in [0.4, 0.5) is 0 Å². The summed E-state index contributed by atoms with van der Waals surface area (Å²) >= 11 is 0. The lowest BCUT2D eigenvalue weighted by Crippen LogP contribution is -2.29. The second kappa shape index (κ2) is 10.8. The van der Waals surface area contributed by atoms with E-state index in [0.29, 0.717) is 16.9 Å². The topological polar surface area (TPSA) is 123 Å². The Morgan fingerprint density at radius 1 is 0.925 bits per heavy atom. The molecule has 1 heterocycles. The summed E-state index contributed by atoms with van der Waals surface area (Å²) in [6, 6.07) is 9.34. The molecule has 1 aliphatic rings. The van der Waals surface area contributed by atoms with E-state index in [0.717, 1.165) is 5.56 Å². The van der Waals surface area contributed by atoms with E-state index in [1.54, 1.807) is 12.2 Å². The van der Waals surface area contributed by atoms with Crippen molar-refractivity contribution in [1.82, 2.24) is 0 Å². The van der Waals surface area contributed by atoms with Crippen molar-refractivity contribution in [3.8, 4) is 34.5 Å². The molecule has 208 valence electrons. The van der Waals surface area contributed by atoms with Gasteiger partial charge in [0.15, 0.2) is 11.6 Å². The molecule has 0 atom stereocenters. The van der Waals surface area contributed by atoms with Crippen molar-refractivity contribution in [2.45, 2.75) is 39.7 Å². The van der Waals surface area contributed by atoms with Gasteiger partial charge >= 0.3 is 0 Å². The number of aromatic hydroxyl groups is 3. The molecule has 0 saturated heterocycles. The molecule has 4 rings (SSSR count). The van der Waals surface area contributed by atoms with Gasteiger partial charge in [0.2, 0.25) is 0 Å². The third-order valence-electron chi connectivity index (χ3n) is 6.85. The van der Waals surface area contributed by atoms with Crippen molar-refractivity contribution in [2.75, 3.05) is 14.2 Å². The maximum Gasteiger partial charge on any atom is 0.193 e. The van der Waals surface area contributed by atoms with Crippen molar-refractivity contribution in [2.24, 2.45) is 0 Å². The summed E-state index contributed by atoms with van der Waals surface area (Å²) in [6.07, 6.45) is 6.53. The minimum absolute atomic E-state index is 0.0287. The molecule has 0 bridgehead atoms. The SMILES string of the molecule is COc1c2c(c(C(=O)C=Cc3ccccc3)c(OC)c1Cc1c(O)c(C)c(O)c(C(C)=O)c1O)OC(C)(C)C=C2. The van der Waals surface area contributed by atoms with E-state index in [4.69, 9.17) is 14.2 Å². The minimum Gasteiger partial charge on any atom is -0.507 e. The van der Waals surface area contributed by atoms with E-state index in [1.165, 1.54) is 34.1 Å². The molecule has 0 aromatic heterocycles. The third kappa shape index (κ3) is 5.00. The fourth-order valence-corrected chi connectivity index (χ4v) is 4.84. The molecular formula is C32H32O8. The lowest BCUT2D eigenvalue weighted by Gasteiger charge is -2.32. The van der Waals surface area contributed by atoms with E-state index in [2.05, 4.69) is 0 Å². The van der Waals surface area contributed by atoms with E-state index in [9.17, 15) is 24.9 Å². The van der Waals surface area contributed by atoms with Crippen LogP contribution in [-0.2, 0) is 6.42 Å². The summed E-state index contributed by atoms with van der Waals surface area (Å²) in [5.74, 6) is -1.75. The van der Waals surface area contributed by atoms with Crippen LogP contribution in [0.3, 0.4) is 0 Å². The largest absolute Gasteiger partial charge is 0.507 e. The van der Waals surface area contributed by atoms with Crippen LogP contribution in [0.25, 0.3) is 12.2 Å². The zero-order chi connectivity index (χ0) is 29.4. The zero-order valence-electron chi connectivity index (χ0n) is 23.3. The summed E-state index contributed by atoms with van der Waals surface area (Å²) < 4.78 is 17.8. The van der Waals surface area contributed by atoms with Gasteiger partial charge in [-0.1, -0.05) is 36.4 Å². The minimum atomic E-state index is -0.732. The highest BCUT2D eigenvalue weighted by atomic mass is 16.5. The Morgan fingerprint density at radius 3 is 2.17 bits per heavy atom. The van der Waals surface area contributed by atoms with Crippen LogP contribution in [0.5, 0.6) is 34.5 Å². The smallest absolute Gasteiger partial charge is 0.193 e. The number of carbonyl (C=O) groups is 2. The highest BCUT2D eigenvalue weighted by molar-refractivity contribution is 6.12. The summed E-state index contributed by atoms with van der Waals surface area (Å²) in [6.45, 7) is 6.34. The second-order valence-corrected chi connectivity index (χ2v) is 10.1. The van der Waals surface area contributed by atoms with Crippen molar-refractivity contribution in [3.63, 3.8) is 0 Å². The van der Waals surface area contributed by atoms with E-state index >= 15 is 0 Å². The summed E-state index contributed by atoms with van der Waals surface area (Å²) in [5.41, 5.74) is 0.729. The number of ketones is 2. The highest BCUT2D eigenvalue weighted by Gasteiger charge is 2.35. The fourth-order valence-electron chi connectivity index (χ4n) is 4.84. The standard InChI is InChI=1S/C32H32O8/c1-17-26(35)21(28(37)24(18(2)33)27(17)36)16-22-29(38-5)20-14-15-32(3,4)40-31(20)25(30(22)39-6)23(34)13-12-19-10-8-7-9-11-19/h7-15,35-37H,16H2,1-6H3. The maximum absolute atomic E-state index is 13.8. The molecule has 8 heteroatoms. The van der Waals surface area contributed by atoms with Gasteiger partial charge in [-0.15, -0.1) is 0 Å². The van der Waals surface area contributed by atoms with Gasteiger partial charge in [-0.05, 0) is 51.5 Å². The number of rotatable bonds is 8. The van der Waals surface area contributed by atoms with Gasteiger partial charge in [0.25, 0.3) is 0 Å². The number of phenols is 3. The monoisotopic (exact) mass is 544 g/mol. The first-order valence-corrected chi connectivity index (χ1v) is 12.7. The van der Waals surface area contributed by atoms with Crippen molar-refractivity contribution < 1.29 is 39.1 Å². The van der Waals surface area contributed by atoms with Crippen LogP contribution in [0, 0.1) is 6.92 Å². The molecule has 0 saturated carbocycles. The lowest BCUT2D eigenvalue weighted by atomic mass is 9.89. The van der Waals surface area contributed by atoms with Gasteiger partial charge in [0, 0.05) is 23.1 Å². The molecule has 0 aliphatic carbocycles. The average Bonchev–Trinajstić information content (AvgIpc) is 2.92. The number of carbonyl (C=O) groups excluding carboxylic acids is 2. The van der Waals surface area contributed by atoms with Gasteiger partial charge in [-0.3, -0.25) is 9.59 Å².